The van der Waals surface area contributed by atoms with E-state index in [1.165, 1.54) is 16.8 Å². The first-order chi connectivity index (χ1) is 9.51. The summed E-state index contributed by atoms with van der Waals surface area (Å²) in [5, 5.41) is 7.27. The van der Waals surface area contributed by atoms with Crippen molar-refractivity contribution in [3.05, 3.63) is 42.9 Å². The van der Waals surface area contributed by atoms with Crippen LogP contribution in [0.5, 0.6) is 0 Å². The van der Waals surface area contributed by atoms with Crippen molar-refractivity contribution in [1.29, 1.82) is 5.41 Å². The first-order valence-electron chi connectivity index (χ1n) is 5.91. The van der Waals surface area contributed by atoms with Gasteiger partial charge in [-0.15, -0.1) is 0 Å². The summed E-state index contributed by atoms with van der Waals surface area (Å²) in [6, 6.07) is 8.68. The number of aromatic amines is 1. The Morgan fingerprint density at radius 3 is 2.60 bits per heavy atom. The molecule has 4 N–H and O–H groups in total. The number of nitrogens with two attached hydrogens (primary N) is 1. The Morgan fingerprint density at radius 1 is 1.35 bits per heavy atom. The molecule has 1 aromatic carbocycles. The van der Waals surface area contributed by atoms with Crippen LogP contribution in [0.15, 0.2) is 47.9 Å². The average Bonchev–Trinajstić information content (AvgIpc) is 2.94. The number of para-hydroxylation sites is 1. The topological polar surface area (TPSA) is 116 Å². The number of hydrogen-bond acceptors (Lipinski definition) is 4. The molecule has 2 aromatic rings. The zero-order chi connectivity index (χ0) is 14.6. The van der Waals surface area contributed by atoms with Crippen LogP contribution in [0.3, 0.4) is 0 Å². The smallest absolute Gasteiger partial charge is 0.281 e. The van der Waals surface area contributed by atoms with Gasteiger partial charge >= 0.3 is 0 Å². The van der Waals surface area contributed by atoms with Gasteiger partial charge < -0.3 is 10.7 Å². The van der Waals surface area contributed by atoms with Crippen LogP contribution < -0.4 is 10.0 Å². The van der Waals surface area contributed by atoms with E-state index < -0.39 is 10.0 Å². The van der Waals surface area contributed by atoms with Crippen molar-refractivity contribution in [2.75, 3.05) is 10.8 Å². The van der Waals surface area contributed by atoms with Crippen molar-refractivity contribution in [2.45, 2.75) is 11.4 Å². The largest absolute Gasteiger partial charge is 0.388 e. The molecule has 20 heavy (non-hydrogen) atoms. The van der Waals surface area contributed by atoms with E-state index in [4.69, 9.17) is 11.1 Å². The second-order valence-corrected chi connectivity index (χ2v) is 5.93. The monoisotopic (exact) mass is 293 g/mol. The third-order valence-corrected chi connectivity index (χ3v) is 4.42. The van der Waals surface area contributed by atoms with E-state index in [1.54, 1.807) is 30.3 Å². The molecule has 1 aromatic heterocycles. The zero-order valence-corrected chi connectivity index (χ0v) is 11.5. The third kappa shape index (κ3) is 2.97. The fourth-order valence-electron chi connectivity index (χ4n) is 1.71. The second kappa shape index (κ2) is 5.74. The third-order valence-electron chi connectivity index (χ3n) is 2.67. The molecule has 0 aliphatic heterocycles. The maximum absolute atomic E-state index is 12.5. The van der Waals surface area contributed by atoms with E-state index in [9.17, 15) is 8.42 Å². The lowest BCUT2D eigenvalue weighted by molar-refractivity contribution is 0.588. The molecule has 8 heteroatoms. The standard InChI is InChI=1S/C12H15N5O2S/c13-11(14)6-7-17(10-4-2-1-3-5-10)20(18,19)12-8-15-9-16-12/h1-5,8-9H,6-7H2,(H3,13,14)(H,15,16). The summed E-state index contributed by atoms with van der Waals surface area (Å²) in [6.07, 6.45) is 2.71. The molecule has 0 bridgehead atoms. The molecular weight excluding hydrogens is 278 g/mol. The predicted octanol–water partition coefficient (Wildman–Crippen LogP) is 0.931. The number of rotatable bonds is 6. The van der Waals surface area contributed by atoms with Crippen molar-refractivity contribution in [3.63, 3.8) is 0 Å². The maximum Gasteiger partial charge on any atom is 0.281 e. The van der Waals surface area contributed by atoms with Gasteiger partial charge in [-0.25, -0.2) is 4.98 Å². The number of H-pyrrole nitrogens is 1. The fourth-order valence-corrected chi connectivity index (χ4v) is 3.07. The molecule has 0 unspecified atom stereocenters. The van der Waals surface area contributed by atoms with Gasteiger partial charge in [0, 0.05) is 13.0 Å². The number of imidazole rings is 1. The molecule has 1 heterocycles. The summed E-state index contributed by atoms with van der Waals surface area (Å²) in [6.45, 7) is 0.0979. The number of nitrogens with one attached hydrogen (secondary N) is 2. The van der Waals surface area contributed by atoms with Crippen molar-refractivity contribution >= 4 is 21.5 Å². The number of aromatic nitrogens is 2. The quantitative estimate of drug-likeness (QED) is 0.542. The second-order valence-electron chi connectivity index (χ2n) is 4.10. The molecule has 0 aliphatic rings. The molecule has 0 aliphatic carbocycles. The molecule has 106 valence electrons. The van der Waals surface area contributed by atoms with Crippen molar-refractivity contribution in [1.82, 2.24) is 9.97 Å². The van der Waals surface area contributed by atoms with Gasteiger partial charge in [0.05, 0.1) is 24.0 Å². The highest BCUT2D eigenvalue weighted by Crippen LogP contribution is 2.22. The van der Waals surface area contributed by atoms with Gasteiger partial charge in [-0.3, -0.25) is 9.71 Å². The summed E-state index contributed by atoms with van der Waals surface area (Å²) in [5.41, 5.74) is 5.84. The highest BCUT2D eigenvalue weighted by atomic mass is 32.2. The summed E-state index contributed by atoms with van der Waals surface area (Å²) < 4.78 is 26.3. The highest BCUT2D eigenvalue weighted by Gasteiger charge is 2.25. The van der Waals surface area contributed by atoms with E-state index in [1.807, 2.05) is 0 Å². The molecule has 0 spiro atoms. The van der Waals surface area contributed by atoms with E-state index in [-0.39, 0.29) is 23.8 Å². The van der Waals surface area contributed by atoms with Gasteiger partial charge in [-0.1, -0.05) is 18.2 Å². The molecule has 0 fully saturated rings. The van der Waals surface area contributed by atoms with Crippen molar-refractivity contribution < 1.29 is 8.42 Å². The molecule has 0 radical (unpaired) electrons. The SMILES string of the molecule is N=C(N)CCN(c1ccccc1)S(=O)(=O)c1cnc[nH]1. The molecule has 0 amide bonds. The van der Waals surface area contributed by atoms with Gasteiger partial charge in [0.15, 0.2) is 5.03 Å². The van der Waals surface area contributed by atoms with Crippen LogP contribution in [0.1, 0.15) is 6.42 Å². The Morgan fingerprint density at radius 2 is 2.05 bits per heavy atom. The number of anilines is 1. The number of hydrogen-bond donors (Lipinski definition) is 3. The van der Waals surface area contributed by atoms with Gasteiger partial charge in [0.25, 0.3) is 10.0 Å². The number of amidine groups is 1. The summed E-state index contributed by atoms with van der Waals surface area (Å²) >= 11 is 0. The van der Waals surface area contributed by atoms with E-state index >= 15 is 0 Å². The predicted molar refractivity (Wildman–Crippen MR) is 76.1 cm³/mol. The van der Waals surface area contributed by atoms with Crippen molar-refractivity contribution in [3.8, 4) is 0 Å². The normalized spacial score (nSPS) is 11.2. The van der Waals surface area contributed by atoms with E-state index in [0.717, 1.165) is 0 Å². The Hall–Kier alpha value is -2.35. The zero-order valence-electron chi connectivity index (χ0n) is 10.7. The van der Waals surface area contributed by atoms with E-state index in [0.29, 0.717) is 5.69 Å². The van der Waals surface area contributed by atoms with Gasteiger partial charge in [-0.2, -0.15) is 8.42 Å². The minimum Gasteiger partial charge on any atom is -0.388 e. The summed E-state index contributed by atoms with van der Waals surface area (Å²) in [5.74, 6) is -0.0641. The lowest BCUT2D eigenvalue weighted by atomic mass is 10.3. The lowest BCUT2D eigenvalue weighted by Crippen LogP contribution is -2.34. The first kappa shape index (κ1) is 14.1. The van der Waals surface area contributed by atoms with Crippen LogP contribution in [0.2, 0.25) is 0 Å². The van der Waals surface area contributed by atoms with Gasteiger partial charge in [0.1, 0.15) is 0 Å². The summed E-state index contributed by atoms with van der Waals surface area (Å²) in [4.78, 5) is 6.32. The van der Waals surface area contributed by atoms with Gasteiger partial charge in [-0.05, 0) is 12.1 Å². The Kier molecular flexibility index (Phi) is 4.04. The van der Waals surface area contributed by atoms with Crippen molar-refractivity contribution in [2.24, 2.45) is 5.73 Å². The van der Waals surface area contributed by atoms with Crippen LogP contribution in [0.25, 0.3) is 0 Å². The number of nitrogens with zero attached hydrogens (tertiary/aromatic N) is 2. The number of sulfonamides is 1. The molecule has 7 nitrogen and oxygen atoms in total. The van der Waals surface area contributed by atoms with Crippen LogP contribution in [-0.4, -0.2) is 30.8 Å². The fraction of sp³-hybridized carbons (Fsp3) is 0.167. The molecule has 0 saturated heterocycles. The Balaban J connectivity index is 2.39. The molecule has 0 saturated carbocycles. The Labute approximate surface area is 117 Å². The van der Waals surface area contributed by atoms with E-state index in [2.05, 4.69) is 9.97 Å². The van der Waals surface area contributed by atoms with Crippen LogP contribution >= 0.6 is 0 Å². The molecular formula is C12H15N5O2S. The Bertz CT molecular complexity index is 667. The minimum absolute atomic E-state index is 0.00454. The highest BCUT2D eigenvalue weighted by molar-refractivity contribution is 7.92. The van der Waals surface area contributed by atoms with Crippen LogP contribution in [-0.2, 0) is 10.0 Å². The molecule has 0 atom stereocenters. The maximum atomic E-state index is 12.5. The average molecular weight is 293 g/mol. The first-order valence-corrected chi connectivity index (χ1v) is 7.35. The summed E-state index contributed by atoms with van der Waals surface area (Å²) in [7, 11) is -3.74. The lowest BCUT2D eigenvalue weighted by Gasteiger charge is -2.23. The minimum atomic E-state index is -3.74. The van der Waals surface area contributed by atoms with Crippen LogP contribution in [0.4, 0.5) is 5.69 Å². The van der Waals surface area contributed by atoms with Gasteiger partial charge in [0.2, 0.25) is 0 Å². The van der Waals surface area contributed by atoms with Crippen LogP contribution in [0, 0.1) is 5.41 Å². The number of benzene rings is 1. The molecule has 2 rings (SSSR count).